The number of hydrogen-bond donors (Lipinski definition) is 0. The van der Waals surface area contributed by atoms with Gasteiger partial charge in [0.25, 0.3) is 5.56 Å². The standard InChI is InChI=1S/C34H33BrN2O7S/c1-6-42-28-18-26(35)25(17-27(28)41-5)31-30(33(39)43-7-2)20(3)36-34-37(31)32(38)29(45-34)16-21-8-14-24(15-9-21)44-19-22-10-12-23(40-4)13-11-22/h8-18,31H,6-7,19H2,1-5H3/b29-16+/t31-/m0/s1. The van der Waals surface area contributed by atoms with E-state index in [1.807, 2.05) is 61.5 Å². The van der Waals surface area contributed by atoms with Gasteiger partial charge in [-0.05, 0) is 79.9 Å². The minimum absolute atomic E-state index is 0.181. The second-order valence-electron chi connectivity index (χ2n) is 9.97. The van der Waals surface area contributed by atoms with Crippen molar-refractivity contribution in [1.82, 2.24) is 4.57 Å². The highest BCUT2D eigenvalue weighted by molar-refractivity contribution is 9.10. The van der Waals surface area contributed by atoms with E-state index in [9.17, 15) is 9.59 Å². The lowest BCUT2D eigenvalue weighted by molar-refractivity contribution is -0.139. The van der Waals surface area contributed by atoms with Gasteiger partial charge in [0.05, 0.1) is 49.3 Å². The average molecular weight is 694 g/mol. The monoisotopic (exact) mass is 692 g/mol. The molecule has 0 bridgehead atoms. The van der Waals surface area contributed by atoms with Crippen LogP contribution in [0.4, 0.5) is 0 Å². The molecule has 0 unspecified atom stereocenters. The number of fused-ring (bicyclic) bond motifs is 1. The van der Waals surface area contributed by atoms with Crippen LogP contribution in [0.5, 0.6) is 23.0 Å². The maximum absolute atomic E-state index is 14.0. The molecule has 11 heteroatoms. The number of aromatic nitrogens is 1. The molecule has 0 aliphatic carbocycles. The van der Waals surface area contributed by atoms with Crippen LogP contribution < -0.4 is 33.8 Å². The van der Waals surface area contributed by atoms with Crippen LogP contribution in [0.3, 0.4) is 0 Å². The lowest BCUT2D eigenvalue weighted by Gasteiger charge is -2.26. The highest BCUT2D eigenvalue weighted by Crippen LogP contribution is 2.41. The molecule has 0 saturated heterocycles. The highest BCUT2D eigenvalue weighted by atomic mass is 79.9. The largest absolute Gasteiger partial charge is 0.497 e. The van der Waals surface area contributed by atoms with Crippen LogP contribution in [0.1, 0.15) is 43.5 Å². The third-order valence-electron chi connectivity index (χ3n) is 7.14. The fraction of sp³-hybridized carbons (Fsp3) is 0.265. The fourth-order valence-corrected chi connectivity index (χ4v) is 6.56. The van der Waals surface area contributed by atoms with Gasteiger partial charge in [0.2, 0.25) is 0 Å². The topological polar surface area (TPSA) is 97.6 Å². The van der Waals surface area contributed by atoms with Crippen LogP contribution in [-0.4, -0.2) is 38.0 Å². The number of nitrogens with zero attached hydrogens (tertiary/aromatic N) is 2. The Morgan fingerprint density at radius 1 is 0.956 bits per heavy atom. The lowest BCUT2D eigenvalue weighted by atomic mass is 9.95. The summed E-state index contributed by atoms with van der Waals surface area (Å²) in [4.78, 5) is 32.5. The van der Waals surface area contributed by atoms with Crippen molar-refractivity contribution in [3.8, 4) is 23.0 Å². The van der Waals surface area contributed by atoms with Gasteiger partial charge in [0.15, 0.2) is 16.3 Å². The van der Waals surface area contributed by atoms with Crippen molar-refractivity contribution in [2.24, 2.45) is 4.99 Å². The van der Waals surface area contributed by atoms with Crippen LogP contribution in [-0.2, 0) is 16.1 Å². The number of hydrogen-bond acceptors (Lipinski definition) is 9. The van der Waals surface area contributed by atoms with Gasteiger partial charge in [0.1, 0.15) is 18.1 Å². The summed E-state index contributed by atoms with van der Waals surface area (Å²) in [6.07, 6.45) is 1.81. The molecule has 234 valence electrons. The van der Waals surface area contributed by atoms with Gasteiger partial charge in [-0.25, -0.2) is 9.79 Å². The normalized spacial score (nSPS) is 14.4. The molecule has 9 nitrogen and oxygen atoms in total. The van der Waals surface area contributed by atoms with Crippen LogP contribution >= 0.6 is 27.3 Å². The first-order valence-electron chi connectivity index (χ1n) is 14.3. The summed E-state index contributed by atoms with van der Waals surface area (Å²) in [6, 6.07) is 18.0. The maximum atomic E-state index is 14.0. The van der Waals surface area contributed by atoms with Gasteiger partial charge in [-0.2, -0.15) is 0 Å². The van der Waals surface area contributed by atoms with E-state index >= 15 is 0 Å². The summed E-state index contributed by atoms with van der Waals surface area (Å²) >= 11 is 4.91. The van der Waals surface area contributed by atoms with Gasteiger partial charge in [0, 0.05) is 4.47 Å². The van der Waals surface area contributed by atoms with Crippen LogP contribution in [0, 0.1) is 0 Å². The van der Waals surface area contributed by atoms with Crippen molar-refractivity contribution >= 4 is 39.3 Å². The number of halogens is 1. The van der Waals surface area contributed by atoms with Crippen molar-refractivity contribution < 1.29 is 28.5 Å². The minimum atomic E-state index is -0.810. The minimum Gasteiger partial charge on any atom is -0.497 e. The van der Waals surface area contributed by atoms with E-state index in [4.69, 9.17) is 23.7 Å². The van der Waals surface area contributed by atoms with Crippen molar-refractivity contribution in [3.05, 3.63) is 113 Å². The second-order valence-corrected chi connectivity index (χ2v) is 11.8. The highest BCUT2D eigenvalue weighted by Gasteiger charge is 2.35. The molecule has 1 atom stereocenters. The van der Waals surface area contributed by atoms with Crippen LogP contribution in [0.25, 0.3) is 6.08 Å². The molecule has 0 amide bonds. The molecule has 0 fully saturated rings. The number of allylic oxidation sites excluding steroid dienone is 1. The molecule has 3 aromatic carbocycles. The van der Waals surface area contributed by atoms with Crippen LogP contribution in [0.15, 0.2) is 86.2 Å². The molecule has 0 N–H and O–H groups in total. The number of carbonyl (C=O) groups excluding carboxylic acids is 1. The third kappa shape index (κ3) is 6.84. The molecule has 5 rings (SSSR count). The Labute approximate surface area is 273 Å². The van der Waals surface area contributed by atoms with Crippen molar-refractivity contribution in [2.45, 2.75) is 33.4 Å². The molecule has 1 aromatic heterocycles. The second kappa shape index (κ2) is 14.2. The van der Waals surface area contributed by atoms with Gasteiger partial charge in [-0.1, -0.05) is 51.5 Å². The summed E-state index contributed by atoms with van der Waals surface area (Å²) in [5.41, 5.74) is 2.95. The summed E-state index contributed by atoms with van der Waals surface area (Å²) in [6.45, 7) is 6.41. The smallest absolute Gasteiger partial charge is 0.338 e. The Hall–Kier alpha value is -4.35. The Bertz CT molecular complexity index is 1910. The lowest BCUT2D eigenvalue weighted by Crippen LogP contribution is -2.40. The quantitative estimate of drug-likeness (QED) is 0.190. The predicted molar refractivity (Wildman–Crippen MR) is 176 cm³/mol. The van der Waals surface area contributed by atoms with Gasteiger partial charge in [-0.3, -0.25) is 9.36 Å². The van der Waals surface area contributed by atoms with Gasteiger partial charge < -0.3 is 23.7 Å². The summed E-state index contributed by atoms with van der Waals surface area (Å²) in [5, 5.41) is 0. The van der Waals surface area contributed by atoms with Crippen molar-refractivity contribution in [1.29, 1.82) is 0 Å². The van der Waals surface area contributed by atoms with E-state index in [0.717, 1.165) is 16.9 Å². The summed E-state index contributed by atoms with van der Waals surface area (Å²) in [7, 11) is 3.18. The Kier molecular flexibility index (Phi) is 10.1. The number of carbonyl (C=O) groups is 1. The molecule has 1 aliphatic rings. The third-order valence-corrected chi connectivity index (χ3v) is 8.81. The number of thiazole rings is 1. The molecule has 4 aromatic rings. The van der Waals surface area contributed by atoms with E-state index in [1.54, 1.807) is 44.8 Å². The first-order valence-corrected chi connectivity index (χ1v) is 15.9. The van der Waals surface area contributed by atoms with E-state index in [0.29, 0.717) is 55.5 Å². The number of esters is 1. The Balaban J connectivity index is 1.52. The number of methoxy groups -OCH3 is 2. The SMILES string of the molecule is CCOC(=O)C1=C(C)N=c2s/c(=C/c3ccc(OCc4ccc(OC)cc4)cc3)c(=O)n2[C@H]1c1cc(OC)c(OCC)cc1Br. The first kappa shape index (κ1) is 32.1. The molecule has 0 spiro atoms. The van der Waals surface area contributed by atoms with Crippen molar-refractivity contribution in [3.63, 3.8) is 0 Å². The fourth-order valence-electron chi connectivity index (χ4n) is 4.97. The van der Waals surface area contributed by atoms with E-state index in [1.165, 1.54) is 11.3 Å². The zero-order valence-electron chi connectivity index (χ0n) is 25.6. The predicted octanol–water partition coefficient (Wildman–Crippen LogP) is 5.56. The molecule has 45 heavy (non-hydrogen) atoms. The van der Waals surface area contributed by atoms with Gasteiger partial charge >= 0.3 is 5.97 Å². The van der Waals surface area contributed by atoms with Crippen LogP contribution in [0.2, 0.25) is 0 Å². The first-order chi connectivity index (χ1) is 21.8. The molecule has 0 saturated carbocycles. The molecular formula is C34H33BrN2O7S. The number of rotatable bonds is 11. The average Bonchev–Trinajstić information content (AvgIpc) is 3.34. The zero-order chi connectivity index (χ0) is 32.1. The molecular weight excluding hydrogens is 660 g/mol. The van der Waals surface area contributed by atoms with E-state index < -0.39 is 12.0 Å². The van der Waals surface area contributed by atoms with Gasteiger partial charge in [-0.15, -0.1) is 0 Å². The van der Waals surface area contributed by atoms with E-state index in [-0.39, 0.29) is 17.7 Å². The molecule has 1 aliphatic heterocycles. The number of benzene rings is 3. The van der Waals surface area contributed by atoms with E-state index in [2.05, 4.69) is 20.9 Å². The molecule has 0 radical (unpaired) electrons. The summed E-state index contributed by atoms with van der Waals surface area (Å²) < 4.78 is 30.6. The Morgan fingerprint density at radius 2 is 1.67 bits per heavy atom. The Morgan fingerprint density at radius 3 is 2.31 bits per heavy atom. The number of ether oxygens (including phenoxy) is 5. The maximum Gasteiger partial charge on any atom is 0.338 e. The molecule has 2 heterocycles. The van der Waals surface area contributed by atoms with Crippen molar-refractivity contribution in [2.75, 3.05) is 27.4 Å². The summed E-state index contributed by atoms with van der Waals surface area (Å²) in [5.74, 6) is 1.97. The zero-order valence-corrected chi connectivity index (χ0v) is 28.0.